The highest BCUT2D eigenvalue weighted by molar-refractivity contribution is 7.26. The molecule has 9 aromatic rings. The van der Waals surface area contributed by atoms with Crippen molar-refractivity contribution in [3.63, 3.8) is 0 Å². The molecule has 0 amide bonds. The van der Waals surface area contributed by atoms with Gasteiger partial charge in [0, 0.05) is 31.3 Å². The molecule has 0 N–H and O–H groups in total. The number of thiophene rings is 1. The van der Waals surface area contributed by atoms with Crippen molar-refractivity contribution >= 4 is 37.1 Å². The molecule has 0 fully saturated rings. The Morgan fingerprint density at radius 2 is 0.964 bits per heavy atom. The van der Waals surface area contributed by atoms with E-state index < -0.39 is 0 Å². The van der Waals surface area contributed by atoms with E-state index >= 15 is 0 Å². The molecule has 0 bridgehead atoms. The first-order valence-electron chi connectivity index (χ1n) is 18.7. The van der Waals surface area contributed by atoms with Gasteiger partial charge in [0.15, 0.2) is 17.5 Å². The zero-order chi connectivity index (χ0) is 36.6. The Morgan fingerprint density at radius 1 is 0.400 bits per heavy atom. The summed E-state index contributed by atoms with van der Waals surface area (Å²) < 4.78 is 2.45. The van der Waals surface area contributed by atoms with Crippen LogP contribution in [-0.2, 0) is 0 Å². The van der Waals surface area contributed by atoms with Gasteiger partial charge in [-0.15, -0.1) is 11.3 Å². The highest BCUT2D eigenvalue weighted by atomic mass is 32.1. The minimum atomic E-state index is 0.691. The average Bonchev–Trinajstić information content (AvgIpc) is 3.66. The third-order valence-corrected chi connectivity index (χ3v) is 11.6. The van der Waals surface area contributed by atoms with Crippen molar-refractivity contribution in [1.82, 2.24) is 15.0 Å². The van der Waals surface area contributed by atoms with Gasteiger partial charge in [0.05, 0.1) is 0 Å². The molecule has 0 spiro atoms. The number of nitrogens with zero attached hydrogens (tertiary/aromatic N) is 3. The largest absolute Gasteiger partial charge is 0.209 e. The molecule has 0 saturated carbocycles. The van der Waals surface area contributed by atoms with Gasteiger partial charge in [-0.2, -0.15) is 0 Å². The van der Waals surface area contributed by atoms with E-state index in [4.69, 9.17) is 15.0 Å². The summed E-state index contributed by atoms with van der Waals surface area (Å²) in [6.45, 7) is 0. The first kappa shape index (κ1) is 32.9. The monoisotopic (exact) mass is 721 g/mol. The number of benzene rings is 7. The van der Waals surface area contributed by atoms with Crippen LogP contribution < -0.4 is 0 Å². The summed E-state index contributed by atoms with van der Waals surface area (Å²) in [7, 11) is 0. The molecule has 4 heteroatoms. The molecule has 2 aromatic heterocycles. The molecule has 0 unspecified atom stereocenters. The summed E-state index contributed by atoms with van der Waals surface area (Å²) >= 11 is 1.82. The summed E-state index contributed by atoms with van der Waals surface area (Å²) in [6, 6.07) is 60.7. The van der Waals surface area contributed by atoms with E-state index in [0.717, 1.165) is 35.4 Å². The SMILES string of the molecule is C1=CCCC(c2nc(-c3ccccc3)nc(-c3cccc4sc5ccc(-c6ccccc6-c6cccc(-c7ccc(-c8ccccc8)cc7)c6)cc5c34)n2)=C1. The van der Waals surface area contributed by atoms with E-state index in [2.05, 4.69) is 170 Å². The van der Waals surface area contributed by atoms with E-state index in [9.17, 15) is 0 Å². The van der Waals surface area contributed by atoms with Crippen molar-refractivity contribution in [3.05, 3.63) is 194 Å². The Balaban J connectivity index is 1.07. The minimum absolute atomic E-state index is 0.691. The molecule has 10 rings (SSSR count). The summed E-state index contributed by atoms with van der Waals surface area (Å²) in [5.74, 6) is 2.13. The molecule has 0 aliphatic heterocycles. The van der Waals surface area contributed by atoms with E-state index in [1.165, 1.54) is 64.7 Å². The molecular formula is C51H35N3S. The Morgan fingerprint density at radius 3 is 1.71 bits per heavy atom. The lowest BCUT2D eigenvalue weighted by atomic mass is 9.91. The van der Waals surface area contributed by atoms with Crippen LogP contribution in [0.1, 0.15) is 18.7 Å². The fourth-order valence-electron chi connectivity index (χ4n) is 7.66. The lowest BCUT2D eigenvalue weighted by molar-refractivity contribution is 0.979. The molecule has 1 aliphatic carbocycles. The summed E-state index contributed by atoms with van der Waals surface area (Å²) in [5.41, 5.74) is 12.7. The Kier molecular flexibility index (Phi) is 8.51. The smallest absolute Gasteiger partial charge is 0.164 e. The van der Waals surface area contributed by atoms with Crippen LogP contribution in [0.4, 0.5) is 0 Å². The summed E-state index contributed by atoms with van der Waals surface area (Å²) in [4.78, 5) is 15.3. The maximum absolute atomic E-state index is 5.16. The van der Waals surface area contributed by atoms with Crippen LogP contribution in [0, 0.1) is 0 Å². The van der Waals surface area contributed by atoms with Gasteiger partial charge in [-0.3, -0.25) is 0 Å². The van der Waals surface area contributed by atoms with Gasteiger partial charge < -0.3 is 0 Å². The highest BCUT2D eigenvalue weighted by Gasteiger charge is 2.19. The van der Waals surface area contributed by atoms with Gasteiger partial charge >= 0.3 is 0 Å². The fraction of sp³-hybridized carbons (Fsp3) is 0.0392. The fourth-order valence-corrected chi connectivity index (χ4v) is 8.78. The van der Waals surface area contributed by atoms with E-state index in [0.29, 0.717) is 11.6 Å². The first-order valence-corrected chi connectivity index (χ1v) is 19.6. The number of allylic oxidation sites excluding steroid dienone is 4. The molecule has 0 radical (unpaired) electrons. The van der Waals surface area contributed by atoms with Crippen molar-refractivity contribution in [2.75, 3.05) is 0 Å². The van der Waals surface area contributed by atoms with Crippen molar-refractivity contribution in [3.8, 4) is 67.3 Å². The molecular weight excluding hydrogens is 687 g/mol. The maximum atomic E-state index is 5.16. The van der Waals surface area contributed by atoms with Crippen LogP contribution in [0.2, 0.25) is 0 Å². The molecule has 260 valence electrons. The predicted molar refractivity (Wildman–Crippen MR) is 232 cm³/mol. The van der Waals surface area contributed by atoms with E-state index in [1.54, 1.807) is 0 Å². The molecule has 0 atom stereocenters. The van der Waals surface area contributed by atoms with Crippen LogP contribution in [-0.4, -0.2) is 15.0 Å². The maximum Gasteiger partial charge on any atom is 0.164 e. The van der Waals surface area contributed by atoms with Crippen LogP contribution in [0.3, 0.4) is 0 Å². The third kappa shape index (κ3) is 6.37. The number of hydrogen-bond acceptors (Lipinski definition) is 4. The number of rotatable bonds is 7. The van der Waals surface area contributed by atoms with Crippen LogP contribution in [0.15, 0.2) is 188 Å². The Bertz CT molecular complexity index is 2900. The average molecular weight is 722 g/mol. The summed E-state index contributed by atoms with van der Waals surface area (Å²) in [5, 5.41) is 2.38. The zero-order valence-corrected chi connectivity index (χ0v) is 30.9. The number of fused-ring (bicyclic) bond motifs is 3. The van der Waals surface area contributed by atoms with Crippen LogP contribution in [0.25, 0.3) is 93.0 Å². The van der Waals surface area contributed by atoms with Crippen molar-refractivity contribution < 1.29 is 0 Å². The summed E-state index contributed by atoms with van der Waals surface area (Å²) in [6.07, 6.45) is 8.33. The normalized spacial score (nSPS) is 12.6. The molecule has 3 nitrogen and oxygen atoms in total. The van der Waals surface area contributed by atoms with Gasteiger partial charge in [-0.25, -0.2) is 15.0 Å². The second-order valence-corrected chi connectivity index (χ2v) is 15.0. The minimum Gasteiger partial charge on any atom is -0.209 e. The van der Waals surface area contributed by atoms with Gasteiger partial charge in [0.2, 0.25) is 0 Å². The highest BCUT2D eigenvalue weighted by Crippen LogP contribution is 2.43. The van der Waals surface area contributed by atoms with Crippen molar-refractivity contribution in [2.45, 2.75) is 12.8 Å². The molecule has 55 heavy (non-hydrogen) atoms. The molecule has 1 aliphatic rings. The Hall–Kier alpha value is -6.75. The standard InChI is InChI=1S/C51H35N3S/c1-4-14-34(15-5-1)35-26-28-36(29-27-35)39-20-12-21-40(32-39)42-22-10-11-23-43(42)41-30-31-46-45(33-41)48-44(24-13-25-47(48)55-46)51-53-49(37-16-6-2-7-17-37)52-50(54-51)38-18-8-3-9-19-38/h1-8,10-18,20-33H,9,19H2. The second kappa shape index (κ2) is 14.2. The molecule has 0 saturated heterocycles. The Labute approximate surface area is 324 Å². The van der Waals surface area contributed by atoms with Crippen LogP contribution in [0.5, 0.6) is 0 Å². The third-order valence-electron chi connectivity index (χ3n) is 10.4. The predicted octanol–water partition coefficient (Wildman–Crippen LogP) is 14.0. The van der Waals surface area contributed by atoms with E-state index in [1.807, 2.05) is 29.5 Å². The molecule has 7 aromatic carbocycles. The van der Waals surface area contributed by atoms with Gasteiger partial charge in [0.25, 0.3) is 0 Å². The van der Waals surface area contributed by atoms with Crippen LogP contribution >= 0.6 is 11.3 Å². The quantitative estimate of drug-likeness (QED) is 0.164. The van der Waals surface area contributed by atoms with Gasteiger partial charge in [-0.05, 0) is 87.2 Å². The van der Waals surface area contributed by atoms with Crippen molar-refractivity contribution in [2.24, 2.45) is 0 Å². The lowest BCUT2D eigenvalue weighted by Gasteiger charge is -2.13. The number of hydrogen-bond donors (Lipinski definition) is 0. The zero-order valence-electron chi connectivity index (χ0n) is 30.1. The number of aromatic nitrogens is 3. The first-order chi connectivity index (χ1) is 27.2. The lowest BCUT2D eigenvalue weighted by Crippen LogP contribution is -2.03. The van der Waals surface area contributed by atoms with Gasteiger partial charge in [-0.1, -0.05) is 164 Å². The van der Waals surface area contributed by atoms with Gasteiger partial charge in [0.1, 0.15) is 0 Å². The van der Waals surface area contributed by atoms with Crippen molar-refractivity contribution in [1.29, 1.82) is 0 Å². The topological polar surface area (TPSA) is 38.7 Å². The van der Waals surface area contributed by atoms with E-state index in [-0.39, 0.29) is 0 Å². The second-order valence-electron chi connectivity index (χ2n) is 13.9. The molecule has 2 heterocycles.